The van der Waals surface area contributed by atoms with E-state index in [2.05, 4.69) is 28.0 Å². The average Bonchev–Trinajstić information content (AvgIpc) is 3.44. The Morgan fingerprint density at radius 1 is 0.364 bits per heavy atom. The molecule has 124 valence electrons. The quantitative estimate of drug-likeness (QED) is 0.480. The summed E-state index contributed by atoms with van der Waals surface area (Å²) in [5, 5.41) is 0. The molecule has 0 aromatic carbocycles. The van der Waals surface area contributed by atoms with E-state index in [1.807, 2.05) is 0 Å². The highest BCUT2D eigenvalue weighted by Crippen LogP contribution is 2.66. The van der Waals surface area contributed by atoms with Crippen LogP contribution >= 0.6 is 13.0 Å². The molecule has 0 N–H and O–H groups in total. The van der Waals surface area contributed by atoms with Crippen LogP contribution in [0.2, 0.25) is 0 Å². The van der Waals surface area contributed by atoms with Crippen LogP contribution in [-0.4, -0.2) is 107 Å². The van der Waals surface area contributed by atoms with Crippen LogP contribution in [0.5, 0.6) is 0 Å². The summed E-state index contributed by atoms with van der Waals surface area (Å²) in [6.07, 6.45) is 0. The Labute approximate surface area is 143 Å². The summed E-state index contributed by atoms with van der Waals surface area (Å²) in [6, 6.07) is 0. The Morgan fingerprint density at radius 2 is 0.500 bits per heavy atom. The van der Waals surface area contributed by atoms with Crippen LogP contribution < -0.4 is 0 Å². The SMILES string of the molecule is S=P(N1CC1)(N1CC1)N1CC1.S=P(N1CC1)(N1CC1)N1CC1. The summed E-state index contributed by atoms with van der Waals surface area (Å²) in [5.41, 5.74) is 0. The third-order valence-corrected chi connectivity index (χ3v) is 15.7. The smallest absolute Gasteiger partial charge is 0.145 e. The van der Waals surface area contributed by atoms with Crippen molar-refractivity contribution in [1.82, 2.24) is 28.0 Å². The van der Waals surface area contributed by atoms with Gasteiger partial charge in [0.25, 0.3) is 0 Å². The molecule has 0 radical (unpaired) electrons. The molecule has 0 bridgehead atoms. The van der Waals surface area contributed by atoms with Crippen molar-refractivity contribution in [2.45, 2.75) is 0 Å². The van der Waals surface area contributed by atoms with Crippen LogP contribution in [0.3, 0.4) is 0 Å². The molecule has 6 fully saturated rings. The zero-order chi connectivity index (χ0) is 14.9. The van der Waals surface area contributed by atoms with Crippen molar-refractivity contribution in [3.05, 3.63) is 0 Å². The second-order valence-corrected chi connectivity index (χ2v) is 15.1. The molecule has 6 saturated heterocycles. The minimum atomic E-state index is -1.27. The summed E-state index contributed by atoms with van der Waals surface area (Å²) < 4.78 is 14.9. The molecule has 0 amide bonds. The van der Waals surface area contributed by atoms with E-state index >= 15 is 0 Å². The Balaban J connectivity index is 0.000000102. The van der Waals surface area contributed by atoms with E-state index < -0.39 is 13.0 Å². The van der Waals surface area contributed by atoms with Gasteiger partial charge in [-0.1, -0.05) is 0 Å². The van der Waals surface area contributed by atoms with Gasteiger partial charge in [-0.2, -0.15) is 0 Å². The fourth-order valence-corrected chi connectivity index (χ4v) is 11.7. The minimum absolute atomic E-state index is 1.25. The lowest BCUT2D eigenvalue weighted by Crippen LogP contribution is -2.11. The number of rotatable bonds is 6. The maximum absolute atomic E-state index is 5.75. The first-order valence-electron chi connectivity index (χ1n) is 8.36. The van der Waals surface area contributed by atoms with E-state index in [9.17, 15) is 0 Å². The van der Waals surface area contributed by atoms with Gasteiger partial charge in [0.05, 0.1) is 0 Å². The molecule has 6 nitrogen and oxygen atoms in total. The summed E-state index contributed by atoms with van der Waals surface area (Å²) >= 11 is 11.5. The second-order valence-electron chi connectivity index (χ2n) is 6.75. The van der Waals surface area contributed by atoms with Crippen molar-refractivity contribution in [2.75, 3.05) is 78.5 Å². The molecule has 6 heterocycles. The summed E-state index contributed by atoms with van der Waals surface area (Å²) in [6.45, 7) is 12.5. The van der Waals surface area contributed by atoms with Crippen molar-refractivity contribution in [3.8, 4) is 0 Å². The zero-order valence-electron chi connectivity index (χ0n) is 12.9. The van der Waals surface area contributed by atoms with Crippen molar-refractivity contribution in [1.29, 1.82) is 0 Å². The normalized spacial score (nSPS) is 32.4. The highest BCUT2D eigenvalue weighted by Gasteiger charge is 2.51. The van der Waals surface area contributed by atoms with Crippen LogP contribution in [0.1, 0.15) is 0 Å². The predicted molar refractivity (Wildman–Crippen MR) is 98.0 cm³/mol. The fourth-order valence-electron chi connectivity index (χ4n) is 2.90. The monoisotopic (exact) mass is 378 g/mol. The second kappa shape index (κ2) is 5.28. The largest absolute Gasteiger partial charge is 0.249 e. The lowest BCUT2D eigenvalue weighted by Gasteiger charge is -2.25. The lowest BCUT2D eigenvalue weighted by atomic mass is 11.0. The number of hydrogen-bond acceptors (Lipinski definition) is 2. The van der Waals surface area contributed by atoms with Gasteiger partial charge in [-0.25, -0.2) is 28.0 Å². The third-order valence-electron chi connectivity index (χ3n) is 4.75. The van der Waals surface area contributed by atoms with E-state index in [1.165, 1.54) is 78.5 Å². The molecule has 0 aromatic heterocycles. The van der Waals surface area contributed by atoms with E-state index in [-0.39, 0.29) is 0 Å². The average molecular weight is 378 g/mol. The molecule has 22 heavy (non-hydrogen) atoms. The van der Waals surface area contributed by atoms with Gasteiger partial charge in [0.15, 0.2) is 0 Å². The molecule has 10 heteroatoms. The molecular formula is C12H24N6P2S2. The van der Waals surface area contributed by atoms with Gasteiger partial charge >= 0.3 is 0 Å². The Kier molecular flexibility index (Phi) is 3.68. The maximum Gasteiger partial charge on any atom is 0.145 e. The third kappa shape index (κ3) is 2.80. The van der Waals surface area contributed by atoms with Crippen LogP contribution in [0.25, 0.3) is 0 Å². The molecule has 0 aliphatic carbocycles. The standard InChI is InChI=1S/2C6H12N3PS/c2*11-10(7-1-2-7,8-3-4-8)9-5-6-9/h2*1-6H2. The topological polar surface area (TPSA) is 18.1 Å². The van der Waals surface area contributed by atoms with Crippen LogP contribution in [-0.2, 0) is 23.6 Å². The fraction of sp³-hybridized carbons (Fsp3) is 1.00. The molecule has 0 saturated carbocycles. The van der Waals surface area contributed by atoms with Crippen molar-refractivity contribution in [3.63, 3.8) is 0 Å². The Hall–Kier alpha value is 1.06. The molecule has 6 aliphatic rings. The zero-order valence-corrected chi connectivity index (χ0v) is 16.3. The molecular weight excluding hydrogens is 354 g/mol. The van der Waals surface area contributed by atoms with Gasteiger partial charge in [-0.3, -0.25) is 0 Å². The molecule has 0 unspecified atom stereocenters. The van der Waals surface area contributed by atoms with Gasteiger partial charge in [0, 0.05) is 78.5 Å². The minimum Gasteiger partial charge on any atom is -0.249 e. The first-order chi connectivity index (χ1) is 10.6. The summed E-state index contributed by atoms with van der Waals surface area (Å²) in [4.78, 5) is 0. The number of hydrogen-bond donors (Lipinski definition) is 0. The number of nitrogens with zero attached hydrogens (tertiary/aromatic N) is 6. The van der Waals surface area contributed by atoms with E-state index in [1.54, 1.807) is 0 Å². The first kappa shape index (κ1) is 15.3. The lowest BCUT2D eigenvalue weighted by molar-refractivity contribution is 0.697. The van der Waals surface area contributed by atoms with Gasteiger partial charge in [0.2, 0.25) is 0 Å². The van der Waals surface area contributed by atoms with Gasteiger partial charge in [-0.15, -0.1) is 0 Å². The van der Waals surface area contributed by atoms with Gasteiger partial charge in [0.1, 0.15) is 13.0 Å². The van der Waals surface area contributed by atoms with Gasteiger partial charge < -0.3 is 0 Å². The molecule has 6 aliphatic heterocycles. The van der Waals surface area contributed by atoms with Crippen LogP contribution in [0.15, 0.2) is 0 Å². The summed E-state index contributed by atoms with van der Waals surface area (Å²) in [5.74, 6) is 0. The van der Waals surface area contributed by atoms with Gasteiger partial charge in [-0.05, 0) is 23.6 Å². The maximum atomic E-state index is 5.75. The van der Waals surface area contributed by atoms with Crippen LogP contribution in [0, 0.1) is 0 Å². The summed E-state index contributed by atoms with van der Waals surface area (Å²) in [7, 11) is 0. The Bertz CT molecular complexity index is 438. The van der Waals surface area contributed by atoms with E-state index in [4.69, 9.17) is 23.6 Å². The first-order valence-corrected chi connectivity index (χ1v) is 13.7. The van der Waals surface area contributed by atoms with Crippen molar-refractivity contribution < 1.29 is 0 Å². The van der Waals surface area contributed by atoms with Crippen molar-refractivity contribution >= 4 is 36.6 Å². The molecule has 6 rings (SSSR count). The van der Waals surface area contributed by atoms with E-state index in [0.29, 0.717) is 0 Å². The highest BCUT2D eigenvalue weighted by molar-refractivity contribution is 8.11. The predicted octanol–water partition coefficient (Wildman–Crippen LogP) is 0.315. The molecule has 0 atom stereocenters. The molecule has 0 aromatic rings. The highest BCUT2D eigenvalue weighted by atomic mass is 32.5. The molecule has 0 spiro atoms. The van der Waals surface area contributed by atoms with Crippen molar-refractivity contribution in [2.24, 2.45) is 0 Å². The van der Waals surface area contributed by atoms with Crippen LogP contribution in [0.4, 0.5) is 0 Å². The Morgan fingerprint density at radius 3 is 0.591 bits per heavy atom. The van der Waals surface area contributed by atoms with E-state index in [0.717, 1.165) is 0 Å².